The monoisotopic (exact) mass is 231 g/mol. The predicted octanol–water partition coefficient (Wildman–Crippen LogP) is 2.01. The Kier molecular flexibility index (Phi) is 2.84. The average Bonchev–Trinajstić information content (AvgIpc) is 2.31. The molecule has 1 amide bonds. The second kappa shape index (κ2) is 3.69. The highest BCUT2D eigenvalue weighted by molar-refractivity contribution is 9.10. The maximum Gasteiger partial charge on any atom is 0.241 e. The van der Waals surface area contributed by atoms with Crippen molar-refractivity contribution in [1.82, 2.24) is 0 Å². The van der Waals surface area contributed by atoms with E-state index in [1.54, 1.807) is 17.4 Å². The van der Waals surface area contributed by atoms with Crippen molar-refractivity contribution in [3.8, 4) is 0 Å². The molecule has 1 aromatic heterocycles. The van der Waals surface area contributed by atoms with E-state index in [0.29, 0.717) is 0 Å². The summed E-state index contributed by atoms with van der Waals surface area (Å²) in [7, 11) is 0. The van der Waals surface area contributed by atoms with Crippen molar-refractivity contribution in [2.45, 2.75) is 0 Å². The maximum absolute atomic E-state index is 10.3. The predicted molar refractivity (Wildman–Crippen MR) is 50.2 cm³/mol. The summed E-state index contributed by atoms with van der Waals surface area (Å²) < 4.78 is 0.986. The van der Waals surface area contributed by atoms with Crippen LogP contribution in [-0.2, 0) is 4.79 Å². The zero-order chi connectivity index (χ0) is 8.27. The number of carbonyl (C=O) groups is 1. The number of nitrogens with two attached hydrogens (primary N) is 1. The van der Waals surface area contributed by atoms with Crippen LogP contribution < -0.4 is 5.73 Å². The summed E-state index contributed by atoms with van der Waals surface area (Å²) in [5.74, 6) is -0.428. The molecule has 2 N–H and O–H groups in total. The molecule has 2 nitrogen and oxygen atoms in total. The Balaban J connectivity index is 2.79. The van der Waals surface area contributed by atoms with Crippen LogP contribution in [-0.4, -0.2) is 5.91 Å². The summed E-state index contributed by atoms with van der Waals surface area (Å²) in [6.45, 7) is 0. The van der Waals surface area contributed by atoms with Crippen LogP contribution in [0.25, 0.3) is 6.08 Å². The summed E-state index contributed by atoms with van der Waals surface area (Å²) in [5, 5.41) is 3.88. The number of thiophene rings is 1. The van der Waals surface area contributed by atoms with E-state index >= 15 is 0 Å². The lowest BCUT2D eigenvalue weighted by Crippen LogP contribution is -2.04. The molecule has 0 saturated carbocycles. The van der Waals surface area contributed by atoms with Gasteiger partial charge in [0, 0.05) is 15.9 Å². The van der Waals surface area contributed by atoms with Gasteiger partial charge >= 0.3 is 0 Å². The zero-order valence-electron chi connectivity index (χ0n) is 5.58. The molecule has 0 atom stereocenters. The van der Waals surface area contributed by atoms with Crippen LogP contribution in [0.15, 0.2) is 21.3 Å². The van der Waals surface area contributed by atoms with Crippen molar-refractivity contribution in [2.75, 3.05) is 0 Å². The number of rotatable bonds is 2. The Hall–Kier alpha value is -0.610. The largest absolute Gasteiger partial charge is 0.366 e. The molecule has 58 valence electrons. The van der Waals surface area contributed by atoms with Crippen LogP contribution in [0, 0.1) is 0 Å². The number of hydrogen-bond acceptors (Lipinski definition) is 2. The van der Waals surface area contributed by atoms with Crippen molar-refractivity contribution in [3.63, 3.8) is 0 Å². The minimum absolute atomic E-state index is 0.428. The smallest absolute Gasteiger partial charge is 0.241 e. The van der Waals surface area contributed by atoms with E-state index in [0.717, 1.165) is 10.0 Å². The first-order valence-electron chi connectivity index (χ1n) is 2.89. The lowest BCUT2D eigenvalue weighted by atomic mass is 10.3. The third-order valence-electron chi connectivity index (χ3n) is 1.07. The lowest BCUT2D eigenvalue weighted by Gasteiger charge is -1.85. The highest BCUT2D eigenvalue weighted by Gasteiger charge is 1.95. The molecular formula is C7H6BrNOS. The third-order valence-corrected chi connectivity index (χ3v) is 2.82. The van der Waals surface area contributed by atoms with Gasteiger partial charge < -0.3 is 5.73 Å². The van der Waals surface area contributed by atoms with Crippen LogP contribution in [0.5, 0.6) is 0 Å². The summed E-state index contributed by atoms with van der Waals surface area (Å²) in [4.78, 5) is 10.3. The molecule has 0 radical (unpaired) electrons. The lowest BCUT2D eigenvalue weighted by molar-refractivity contribution is -0.113. The molecule has 4 heteroatoms. The SMILES string of the molecule is NC(=O)C=Cc1cscc1Br. The Bertz CT molecular complexity index is 292. The molecule has 0 fully saturated rings. The van der Waals surface area contributed by atoms with Crippen LogP contribution in [0.1, 0.15) is 5.56 Å². The molecule has 11 heavy (non-hydrogen) atoms. The van der Waals surface area contributed by atoms with Crippen LogP contribution in [0.2, 0.25) is 0 Å². The second-order valence-electron chi connectivity index (χ2n) is 1.91. The standard InChI is InChI=1S/C7H6BrNOS/c8-6-4-11-3-5(6)1-2-7(9)10/h1-4H,(H2,9,10). The number of hydrogen-bond donors (Lipinski definition) is 1. The topological polar surface area (TPSA) is 43.1 Å². The quantitative estimate of drug-likeness (QED) is 0.778. The van der Waals surface area contributed by atoms with Crippen molar-refractivity contribution in [2.24, 2.45) is 5.73 Å². The van der Waals surface area contributed by atoms with Crippen molar-refractivity contribution >= 4 is 39.2 Å². The number of amides is 1. The van der Waals surface area contributed by atoms with Gasteiger partial charge in [-0.3, -0.25) is 4.79 Å². The van der Waals surface area contributed by atoms with E-state index < -0.39 is 5.91 Å². The minimum atomic E-state index is -0.428. The molecule has 0 aromatic carbocycles. The average molecular weight is 232 g/mol. The van der Waals surface area contributed by atoms with Gasteiger partial charge in [-0.15, -0.1) is 0 Å². The minimum Gasteiger partial charge on any atom is -0.366 e. The number of halogens is 1. The fourth-order valence-corrected chi connectivity index (χ4v) is 1.98. The molecule has 0 spiro atoms. The Morgan fingerprint density at radius 2 is 2.36 bits per heavy atom. The van der Waals surface area contributed by atoms with Gasteiger partial charge in [0.2, 0.25) is 5.91 Å². The molecule has 0 unspecified atom stereocenters. The van der Waals surface area contributed by atoms with E-state index in [9.17, 15) is 4.79 Å². The van der Waals surface area contributed by atoms with E-state index in [4.69, 9.17) is 5.73 Å². The summed E-state index contributed by atoms with van der Waals surface area (Å²) in [6, 6.07) is 0. The summed E-state index contributed by atoms with van der Waals surface area (Å²) >= 11 is 4.89. The molecule has 0 aliphatic heterocycles. The highest BCUT2D eigenvalue weighted by atomic mass is 79.9. The molecule has 1 heterocycles. The van der Waals surface area contributed by atoms with E-state index in [1.165, 1.54) is 6.08 Å². The molecular weight excluding hydrogens is 226 g/mol. The first kappa shape index (κ1) is 8.49. The fourth-order valence-electron chi connectivity index (χ4n) is 0.582. The van der Waals surface area contributed by atoms with Gasteiger partial charge in [-0.1, -0.05) is 0 Å². The molecule has 0 saturated heterocycles. The second-order valence-corrected chi connectivity index (χ2v) is 3.51. The highest BCUT2D eigenvalue weighted by Crippen LogP contribution is 2.22. The normalized spacial score (nSPS) is 10.6. The Labute approximate surface area is 76.8 Å². The molecule has 0 aliphatic rings. The van der Waals surface area contributed by atoms with Crippen molar-refractivity contribution in [3.05, 3.63) is 26.9 Å². The molecule has 0 aliphatic carbocycles. The van der Waals surface area contributed by atoms with Gasteiger partial charge in [0.05, 0.1) is 0 Å². The van der Waals surface area contributed by atoms with Gasteiger partial charge in [0.1, 0.15) is 0 Å². The van der Waals surface area contributed by atoms with E-state index in [1.807, 2.05) is 10.8 Å². The summed E-state index contributed by atoms with van der Waals surface area (Å²) in [5.41, 5.74) is 5.90. The van der Waals surface area contributed by atoms with Gasteiger partial charge in [0.15, 0.2) is 0 Å². The first-order chi connectivity index (χ1) is 5.20. The molecule has 0 bridgehead atoms. The van der Waals surface area contributed by atoms with E-state index in [2.05, 4.69) is 15.9 Å². The fraction of sp³-hybridized carbons (Fsp3) is 0. The zero-order valence-corrected chi connectivity index (χ0v) is 7.98. The molecule has 1 rings (SSSR count). The van der Waals surface area contributed by atoms with Gasteiger partial charge in [-0.05, 0) is 32.9 Å². The van der Waals surface area contributed by atoms with Crippen molar-refractivity contribution < 1.29 is 4.79 Å². The number of primary amides is 1. The van der Waals surface area contributed by atoms with Crippen LogP contribution in [0.3, 0.4) is 0 Å². The van der Waals surface area contributed by atoms with Gasteiger partial charge in [-0.25, -0.2) is 0 Å². The third kappa shape index (κ3) is 2.48. The van der Waals surface area contributed by atoms with Crippen LogP contribution in [0.4, 0.5) is 0 Å². The van der Waals surface area contributed by atoms with Crippen LogP contribution >= 0.6 is 27.3 Å². The Morgan fingerprint density at radius 3 is 2.82 bits per heavy atom. The first-order valence-corrected chi connectivity index (χ1v) is 4.63. The Morgan fingerprint density at radius 1 is 1.64 bits per heavy atom. The van der Waals surface area contributed by atoms with Gasteiger partial charge in [0.25, 0.3) is 0 Å². The van der Waals surface area contributed by atoms with Crippen molar-refractivity contribution in [1.29, 1.82) is 0 Å². The summed E-state index contributed by atoms with van der Waals surface area (Å²) in [6.07, 6.45) is 3.02. The van der Waals surface area contributed by atoms with Gasteiger partial charge in [-0.2, -0.15) is 11.3 Å². The molecule has 1 aromatic rings. The van der Waals surface area contributed by atoms with E-state index in [-0.39, 0.29) is 0 Å². The maximum atomic E-state index is 10.3. The number of carbonyl (C=O) groups excluding carboxylic acids is 1.